The Kier molecular flexibility index (Phi) is 9.52. The standard InChI is InChI=1S/C38H45N2O3/c1-6-40(7-2,27-31-22-28(3)21-29(4)23-31)20-11-10-19-39(26-30-17-18-32-13-8-9-14-33(32)24-30)38(41)36-25-34-15-12-16-35(42-5)37(34)43-36/h8-9,12-18,21-25H,6-7,10-11,19-20,26-27H2,1-5H3/q+1. The second kappa shape index (κ2) is 13.5. The fourth-order valence-corrected chi connectivity index (χ4v) is 6.41. The summed E-state index contributed by atoms with van der Waals surface area (Å²) in [6.45, 7) is 14.5. The highest BCUT2D eigenvalue weighted by atomic mass is 16.5. The minimum atomic E-state index is -0.0895. The van der Waals surface area contributed by atoms with Gasteiger partial charge in [0.15, 0.2) is 17.1 Å². The second-order valence-corrected chi connectivity index (χ2v) is 12.0. The number of rotatable bonds is 13. The van der Waals surface area contributed by atoms with Crippen molar-refractivity contribution in [2.75, 3.05) is 33.3 Å². The first-order chi connectivity index (χ1) is 20.8. The average Bonchev–Trinajstić information content (AvgIpc) is 3.46. The van der Waals surface area contributed by atoms with Gasteiger partial charge in [-0.15, -0.1) is 0 Å². The summed E-state index contributed by atoms with van der Waals surface area (Å²) in [5.41, 5.74) is 5.79. The lowest BCUT2D eigenvalue weighted by Crippen LogP contribution is -2.47. The van der Waals surface area contributed by atoms with Crippen molar-refractivity contribution in [1.82, 2.24) is 4.90 Å². The number of nitrogens with zero attached hydrogens (tertiary/aromatic N) is 2. The van der Waals surface area contributed by atoms with E-state index in [-0.39, 0.29) is 5.91 Å². The summed E-state index contributed by atoms with van der Waals surface area (Å²) >= 11 is 0. The minimum absolute atomic E-state index is 0.0895. The highest BCUT2D eigenvalue weighted by Crippen LogP contribution is 2.29. The highest BCUT2D eigenvalue weighted by molar-refractivity contribution is 5.97. The molecular formula is C38H45N2O3+. The van der Waals surface area contributed by atoms with E-state index in [0.29, 0.717) is 30.2 Å². The number of aryl methyl sites for hydroxylation is 2. The molecule has 0 atom stereocenters. The number of hydrogen-bond acceptors (Lipinski definition) is 3. The molecular weight excluding hydrogens is 532 g/mol. The zero-order chi connectivity index (χ0) is 30.4. The molecule has 0 aliphatic carbocycles. The molecule has 0 saturated heterocycles. The zero-order valence-electron chi connectivity index (χ0n) is 26.4. The van der Waals surface area contributed by atoms with Crippen molar-refractivity contribution in [3.8, 4) is 5.75 Å². The third kappa shape index (κ3) is 7.11. The number of furan rings is 1. The smallest absolute Gasteiger partial charge is 0.289 e. The molecule has 5 rings (SSSR count). The van der Waals surface area contributed by atoms with E-state index < -0.39 is 0 Å². The quantitative estimate of drug-likeness (QED) is 0.104. The molecule has 0 aliphatic rings. The van der Waals surface area contributed by atoms with Crippen molar-refractivity contribution in [3.63, 3.8) is 0 Å². The van der Waals surface area contributed by atoms with Gasteiger partial charge in [-0.25, -0.2) is 0 Å². The first kappa shape index (κ1) is 30.4. The first-order valence-electron chi connectivity index (χ1n) is 15.6. The van der Waals surface area contributed by atoms with Gasteiger partial charge in [-0.3, -0.25) is 4.79 Å². The maximum Gasteiger partial charge on any atom is 0.289 e. The fourth-order valence-electron chi connectivity index (χ4n) is 6.41. The molecule has 5 heteroatoms. The Hall–Kier alpha value is -4.09. The monoisotopic (exact) mass is 577 g/mol. The maximum atomic E-state index is 14.0. The summed E-state index contributed by atoms with van der Waals surface area (Å²) in [5.74, 6) is 0.894. The summed E-state index contributed by atoms with van der Waals surface area (Å²) in [4.78, 5) is 15.9. The molecule has 0 bridgehead atoms. The number of quaternary nitrogens is 1. The largest absolute Gasteiger partial charge is 0.493 e. The number of benzene rings is 4. The average molecular weight is 578 g/mol. The van der Waals surface area contributed by atoms with E-state index in [0.717, 1.165) is 54.5 Å². The van der Waals surface area contributed by atoms with Crippen molar-refractivity contribution < 1.29 is 18.4 Å². The van der Waals surface area contributed by atoms with Gasteiger partial charge in [-0.1, -0.05) is 77.9 Å². The van der Waals surface area contributed by atoms with E-state index in [9.17, 15) is 4.79 Å². The van der Waals surface area contributed by atoms with Crippen LogP contribution in [0.4, 0.5) is 0 Å². The van der Waals surface area contributed by atoms with Gasteiger partial charge in [-0.2, -0.15) is 0 Å². The van der Waals surface area contributed by atoms with Crippen molar-refractivity contribution in [1.29, 1.82) is 0 Å². The molecule has 1 heterocycles. The van der Waals surface area contributed by atoms with Crippen molar-refractivity contribution in [3.05, 3.63) is 113 Å². The second-order valence-electron chi connectivity index (χ2n) is 12.0. The molecule has 1 amide bonds. The van der Waals surface area contributed by atoms with E-state index in [1.165, 1.54) is 27.5 Å². The van der Waals surface area contributed by atoms with Gasteiger partial charge < -0.3 is 18.5 Å². The van der Waals surface area contributed by atoms with Gasteiger partial charge in [0.1, 0.15) is 6.54 Å². The topological polar surface area (TPSA) is 42.7 Å². The number of amides is 1. The van der Waals surface area contributed by atoms with E-state index >= 15 is 0 Å². The molecule has 0 unspecified atom stereocenters. The third-order valence-corrected chi connectivity index (χ3v) is 8.86. The zero-order valence-corrected chi connectivity index (χ0v) is 26.4. The third-order valence-electron chi connectivity index (χ3n) is 8.86. The number of carbonyl (C=O) groups excluding carboxylic acids is 1. The molecule has 1 aromatic heterocycles. The SMILES string of the molecule is CC[N+](CC)(CCCCN(Cc1ccc2ccccc2c1)C(=O)c1cc2cccc(OC)c2o1)Cc1cc(C)cc(C)c1. The molecule has 0 aliphatic heterocycles. The Balaban J connectivity index is 1.34. The Morgan fingerprint density at radius 1 is 0.791 bits per heavy atom. The molecule has 43 heavy (non-hydrogen) atoms. The Morgan fingerprint density at radius 3 is 2.23 bits per heavy atom. The molecule has 4 aromatic carbocycles. The van der Waals surface area contributed by atoms with Crippen LogP contribution in [0.1, 0.15) is 59.5 Å². The van der Waals surface area contributed by atoms with Crippen molar-refractivity contribution in [2.24, 2.45) is 0 Å². The maximum absolute atomic E-state index is 14.0. The number of fused-ring (bicyclic) bond motifs is 2. The molecule has 0 N–H and O–H groups in total. The highest BCUT2D eigenvalue weighted by Gasteiger charge is 2.25. The number of unbranched alkanes of at least 4 members (excludes halogenated alkanes) is 1. The van der Waals surface area contributed by atoms with E-state index in [1.54, 1.807) is 7.11 Å². The van der Waals surface area contributed by atoms with Crippen LogP contribution in [0.3, 0.4) is 0 Å². The van der Waals surface area contributed by atoms with Crippen LogP contribution in [-0.4, -0.2) is 48.6 Å². The van der Waals surface area contributed by atoms with E-state index in [4.69, 9.17) is 9.15 Å². The van der Waals surface area contributed by atoms with Crippen LogP contribution in [0.25, 0.3) is 21.7 Å². The first-order valence-corrected chi connectivity index (χ1v) is 15.6. The van der Waals surface area contributed by atoms with E-state index in [2.05, 4.69) is 88.4 Å². The molecule has 0 fully saturated rings. The lowest BCUT2D eigenvalue weighted by atomic mass is 10.1. The number of ether oxygens (including phenoxy) is 1. The van der Waals surface area contributed by atoms with Gasteiger partial charge >= 0.3 is 0 Å². The summed E-state index contributed by atoms with van der Waals surface area (Å²) in [5, 5.41) is 3.25. The van der Waals surface area contributed by atoms with Gasteiger partial charge in [0.05, 0.1) is 26.7 Å². The lowest BCUT2D eigenvalue weighted by Gasteiger charge is -2.37. The van der Waals surface area contributed by atoms with E-state index in [1.807, 2.05) is 29.2 Å². The number of carbonyl (C=O) groups is 1. The summed E-state index contributed by atoms with van der Waals surface area (Å²) in [6, 6.07) is 29.3. The summed E-state index contributed by atoms with van der Waals surface area (Å²) < 4.78 is 12.6. The van der Waals surface area contributed by atoms with Crippen LogP contribution in [0, 0.1) is 13.8 Å². The molecule has 224 valence electrons. The van der Waals surface area contributed by atoms with Crippen LogP contribution in [0.2, 0.25) is 0 Å². The van der Waals surface area contributed by atoms with Gasteiger partial charge in [-0.05, 0) is 75.1 Å². The normalized spacial score (nSPS) is 11.7. The Morgan fingerprint density at radius 2 is 1.51 bits per heavy atom. The fraction of sp³-hybridized carbons (Fsp3) is 0.342. The molecule has 0 saturated carbocycles. The van der Waals surface area contributed by atoms with Crippen molar-refractivity contribution in [2.45, 2.75) is 53.6 Å². The van der Waals surface area contributed by atoms with Crippen LogP contribution in [0.15, 0.2) is 89.3 Å². The lowest BCUT2D eigenvalue weighted by molar-refractivity contribution is -0.938. The molecule has 5 aromatic rings. The van der Waals surface area contributed by atoms with Crippen molar-refractivity contribution >= 4 is 27.6 Å². The molecule has 0 radical (unpaired) electrons. The van der Waals surface area contributed by atoms with Crippen LogP contribution < -0.4 is 4.74 Å². The Labute approximate surface area is 256 Å². The van der Waals surface area contributed by atoms with Gasteiger partial charge in [0, 0.05) is 24.0 Å². The number of methoxy groups -OCH3 is 1. The molecule has 5 nitrogen and oxygen atoms in total. The Bertz CT molecular complexity index is 1680. The predicted molar refractivity (Wildman–Crippen MR) is 177 cm³/mol. The summed E-state index contributed by atoms with van der Waals surface area (Å²) in [7, 11) is 1.62. The summed E-state index contributed by atoms with van der Waals surface area (Å²) in [6.07, 6.45) is 1.97. The van der Waals surface area contributed by atoms with Crippen LogP contribution in [-0.2, 0) is 13.1 Å². The van der Waals surface area contributed by atoms with Crippen LogP contribution in [0.5, 0.6) is 5.75 Å². The van der Waals surface area contributed by atoms with Gasteiger partial charge in [0.2, 0.25) is 0 Å². The number of hydrogen-bond donors (Lipinski definition) is 0. The van der Waals surface area contributed by atoms with Gasteiger partial charge in [0.25, 0.3) is 5.91 Å². The minimum Gasteiger partial charge on any atom is -0.493 e. The van der Waals surface area contributed by atoms with Crippen LogP contribution >= 0.6 is 0 Å². The number of para-hydroxylation sites is 1. The predicted octanol–water partition coefficient (Wildman–Crippen LogP) is 8.69. The molecule has 0 spiro atoms.